The molecule has 132 valence electrons. The highest BCUT2D eigenvalue weighted by molar-refractivity contribution is 5.86. The van der Waals surface area contributed by atoms with Gasteiger partial charge in [0, 0.05) is 25.9 Å². The summed E-state index contributed by atoms with van der Waals surface area (Å²) < 4.78 is 5.10. The third-order valence-electron chi connectivity index (χ3n) is 4.10. The van der Waals surface area contributed by atoms with E-state index < -0.39 is 12.0 Å². The summed E-state index contributed by atoms with van der Waals surface area (Å²) in [6, 6.07) is -0.668. The molecule has 1 atom stereocenters. The predicted octanol–water partition coefficient (Wildman–Crippen LogP) is 1.97. The standard InChI is InChI=1S/C17H30N2O4/c1-4-7-9-15(20)18-11-12-19(16(21)10-8-5-2)14(13-18)17(22)23-6-3/h14H,4-13H2,1-3H3/t14-/m0/s1. The van der Waals surface area contributed by atoms with Crippen LogP contribution >= 0.6 is 0 Å². The maximum Gasteiger partial charge on any atom is 0.330 e. The van der Waals surface area contributed by atoms with Crippen LogP contribution in [0.5, 0.6) is 0 Å². The van der Waals surface area contributed by atoms with Crippen LogP contribution in [0.1, 0.15) is 59.3 Å². The molecule has 0 unspecified atom stereocenters. The van der Waals surface area contributed by atoms with Crippen LogP contribution in [0.4, 0.5) is 0 Å². The van der Waals surface area contributed by atoms with Gasteiger partial charge in [-0.2, -0.15) is 0 Å². The van der Waals surface area contributed by atoms with Gasteiger partial charge in [-0.3, -0.25) is 9.59 Å². The fourth-order valence-corrected chi connectivity index (χ4v) is 2.71. The predicted molar refractivity (Wildman–Crippen MR) is 87.8 cm³/mol. The lowest BCUT2D eigenvalue weighted by Gasteiger charge is -2.40. The molecule has 23 heavy (non-hydrogen) atoms. The minimum atomic E-state index is -0.668. The van der Waals surface area contributed by atoms with Crippen LogP contribution in [0, 0.1) is 0 Å². The van der Waals surface area contributed by atoms with Gasteiger partial charge in [0.2, 0.25) is 11.8 Å². The fourth-order valence-electron chi connectivity index (χ4n) is 2.71. The van der Waals surface area contributed by atoms with Crippen molar-refractivity contribution >= 4 is 17.8 Å². The van der Waals surface area contributed by atoms with Gasteiger partial charge in [0.25, 0.3) is 0 Å². The summed E-state index contributed by atoms with van der Waals surface area (Å²) in [5, 5.41) is 0. The molecule has 0 aliphatic carbocycles. The lowest BCUT2D eigenvalue weighted by Crippen LogP contribution is -2.59. The third-order valence-corrected chi connectivity index (χ3v) is 4.10. The van der Waals surface area contributed by atoms with E-state index in [9.17, 15) is 14.4 Å². The van der Waals surface area contributed by atoms with E-state index in [0.29, 0.717) is 25.9 Å². The summed E-state index contributed by atoms with van der Waals surface area (Å²) in [7, 11) is 0. The summed E-state index contributed by atoms with van der Waals surface area (Å²) in [6.45, 7) is 7.24. The van der Waals surface area contributed by atoms with Crippen molar-refractivity contribution in [3.05, 3.63) is 0 Å². The van der Waals surface area contributed by atoms with Crippen molar-refractivity contribution in [3.8, 4) is 0 Å². The quantitative estimate of drug-likeness (QED) is 0.640. The SMILES string of the molecule is CCCCC(=O)N1CCN(C(=O)CCCC)[C@H](C(=O)OCC)C1. The summed E-state index contributed by atoms with van der Waals surface area (Å²) >= 11 is 0. The van der Waals surface area contributed by atoms with Crippen LogP contribution < -0.4 is 0 Å². The molecule has 1 heterocycles. The van der Waals surface area contributed by atoms with Gasteiger partial charge in [0.1, 0.15) is 6.04 Å². The first kappa shape index (κ1) is 19.5. The van der Waals surface area contributed by atoms with E-state index in [1.54, 1.807) is 16.7 Å². The summed E-state index contributed by atoms with van der Waals surface area (Å²) in [6.07, 6.45) is 4.49. The van der Waals surface area contributed by atoms with Gasteiger partial charge in [-0.1, -0.05) is 26.7 Å². The van der Waals surface area contributed by atoms with E-state index in [1.807, 2.05) is 13.8 Å². The average molecular weight is 326 g/mol. The molecule has 1 fully saturated rings. The zero-order valence-electron chi connectivity index (χ0n) is 14.7. The van der Waals surface area contributed by atoms with Gasteiger partial charge < -0.3 is 14.5 Å². The first-order valence-corrected chi connectivity index (χ1v) is 8.78. The number of piperazine rings is 1. The minimum Gasteiger partial charge on any atom is -0.464 e. The number of unbranched alkanes of at least 4 members (excludes halogenated alkanes) is 2. The first-order valence-electron chi connectivity index (χ1n) is 8.78. The number of nitrogens with zero attached hydrogens (tertiary/aromatic N) is 2. The highest BCUT2D eigenvalue weighted by atomic mass is 16.5. The van der Waals surface area contributed by atoms with Crippen LogP contribution in [0.2, 0.25) is 0 Å². The Morgan fingerprint density at radius 1 is 0.957 bits per heavy atom. The number of carbonyl (C=O) groups is 3. The molecule has 1 saturated heterocycles. The molecule has 0 aromatic rings. The Bertz CT molecular complexity index is 411. The monoisotopic (exact) mass is 326 g/mol. The Morgan fingerprint density at radius 2 is 1.57 bits per heavy atom. The molecule has 0 spiro atoms. The third kappa shape index (κ3) is 5.84. The maximum absolute atomic E-state index is 12.3. The Hall–Kier alpha value is -1.59. The largest absolute Gasteiger partial charge is 0.464 e. The number of ether oxygens (including phenoxy) is 1. The van der Waals surface area contributed by atoms with E-state index in [4.69, 9.17) is 4.74 Å². The molecule has 2 amide bonds. The average Bonchev–Trinajstić information content (AvgIpc) is 2.57. The molecular formula is C17H30N2O4. The summed E-state index contributed by atoms with van der Waals surface area (Å²) in [5.41, 5.74) is 0. The van der Waals surface area contributed by atoms with Gasteiger partial charge in [-0.15, -0.1) is 0 Å². The Labute approximate surface area is 139 Å². The minimum absolute atomic E-state index is 0.0226. The van der Waals surface area contributed by atoms with Crippen molar-refractivity contribution in [3.63, 3.8) is 0 Å². The van der Waals surface area contributed by atoms with E-state index >= 15 is 0 Å². The van der Waals surface area contributed by atoms with E-state index in [2.05, 4.69) is 0 Å². The number of hydrogen-bond acceptors (Lipinski definition) is 4. The van der Waals surface area contributed by atoms with Crippen LogP contribution in [-0.4, -0.2) is 59.9 Å². The number of amides is 2. The Morgan fingerprint density at radius 3 is 2.13 bits per heavy atom. The molecule has 1 rings (SSSR count). The molecule has 6 heteroatoms. The lowest BCUT2D eigenvalue weighted by molar-refractivity contribution is -0.160. The highest BCUT2D eigenvalue weighted by Gasteiger charge is 2.37. The smallest absolute Gasteiger partial charge is 0.330 e. The van der Waals surface area contributed by atoms with Crippen molar-refractivity contribution < 1.29 is 19.1 Å². The zero-order valence-corrected chi connectivity index (χ0v) is 14.7. The lowest BCUT2D eigenvalue weighted by atomic mass is 10.1. The van der Waals surface area contributed by atoms with Gasteiger partial charge in [-0.05, 0) is 19.8 Å². The number of hydrogen-bond donors (Lipinski definition) is 0. The van der Waals surface area contributed by atoms with Crippen LogP contribution in [-0.2, 0) is 19.1 Å². The van der Waals surface area contributed by atoms with Crippen molar-refractivity contribution in [2.45, 2.75) is 65.3 Å². The van der Waals surface area contributed by atoms with Crippen LogP contribution in [0.3, 0.4) is 0 Å². The summed E-state index contributed by atoms with van der Waals surface area (Å²) in [4.78, 5) is 40.0. The first-order chi connectivity index (χ1) is 11.0. The van der Waals surface area contributed by atoms with Gasteiger partial charge in [0.05, 0.1) is 13.2 Å². The van der Waals surface area contributed by atoms with Gasteiger partial charge in [-0.25, -0.2) is 4.79 Å². The van der Waals surface area contributed by atoms with Crippen molar-refractivity contribution in [1.82, 2.24) is 9.80 Å². The van der Waals surface area contributed by atoms with Gasteiger partial charge >= 0.3 is 5.97 Å². The number of carbonyl (C=O) groups excluding carboxylic acids is 3. The molecular weight excluding hydrogens is 296 g/mol. The molecule has 0 N–H and O–H groups in total. The number of esters is 1. The molecule has 0 bridgehead atoms. The van der Waals surface area contributed by atoms with Crippen LogP contribution in [0.15, 0.2) is 0 Å². The zero-order chi connectivity index (χ0) is 17.2. The summed E-state index contributed by atoms with van der Waals surface area (Å²) in [5.74, 6) is -0.377. The van der Waals surface area contributed by atoms with Crippen LogP contribution in [0.25, 0.3) is 0 Å². The second kappa shape index (κ2) is 10.2. The second-order valence-electron chi connectivity index (χ2n) is 5.90. The highest BCUT2D eigenvalue weighted by Crippen LogP contribution is 2.16. The van der Waals surface area contributed by atoms with E-state index in [-0.39, 0.29) is 25.0 Å². The molecule has 0 saturated carbocycles. The maximum atomic E-state index is 12.3. The topological polar surface area (TPSA) is 66.9 Å². The molecule has 0 aromatic heterocycles. The van der Waals surface area contributed by atoms with E-state index in [1.165, 1.54) is 0 Å². The Kier molecular flexibility index (Phi) is 8.66. The molecule has 1 aliphatic heterocycles. The Balaban J connectivity index is 2.75. The molecule has 6 nitrogen and oxygen atoms in total. The molecule has 0 aromatic carbocycles. The van der Waals surface area contributed by atoms with Crippen molar-refractivity contribution in [2.75, 3.05) is 26.2 Å². The molecule has 1 aliphatic rings. The molecule has 0 radical (unpaired) electrons. The second-order valence-corrected chi connectivity index (χ2v) is 5.90. The number of rotatable bonds is 8. The van der Waals surface area contributed by atoms with Gasteiger partial charge in [0.15, 0.2) is 0 Å². The van der Waals surface area contributed by atoms with E-state index in [0.717, 1.165) is 25.7 Å². The normalized spacial score (nSPS) is 18.0. The fraction of sp³-hybridized carbons (Fsp3) is 0.824. The van der Waals surface area contributed by atoms with Crippen molar-refractivity contribution in [1.29, 1.82) is 0 Å². The van der Waals surface area contributed by atoms with Crippen molar-refractivity contribution in [2.24, 2.45) is 0 Å².